The Morgan fingerprint density at radius 1 is 1.59 bits per heavy atom. The van der Waals surface area contributed by atoms with Gasteiger partial charge in [0.2, 0.25) is 0 Å². The molecule has 2 rings (SSSR count). The highest BCUT2D eigenvalue weighted by Crippen LogP contribution is 2.22. The van der Waals surface area contributed by atoms with E-state index in [1.54, 1.807) is 10.9 Å². The average molecular weight is 239 g/mol. The molecule has 1 aromatic rings. The van der Waals surface area contributed by atoms with Crippen LogP contribution >= 0.6 is 0 Å². The van der Waals surface area contributed by atoms with Crippen LogP contribution in [-0.4, -0.2) is 46.3 Å². The highest BCUT2D eigenvalue weighted by Gasteiger charge is 2.29. The van der Waals surface area contributed by atoms with E-state index in [1.807, 2.05) is 19.2 Å². The van der Waals surface area contributed by atoms with Gasteiger partial charge in [-0.1, -0.05) is 0 Å². The number of hydrogen-bond donors (Lipinski definition) is 2. The first-order valence-electron chi connectivity index (χ1n) is 6.28. The molecule has 1 unspecified atom stereocenters. The number of aliphatic hydroxyl groups excluding tert-OH is 1. The van der Waals surface area contributed by atoms with Crippen molar-refractivity contribution >= 4 is 0 Å². The van der Waals surface area contributed by atoms with Crippen LogP contribution in [0.2, 0.25) is 0 Å². The summed E-state index contributed by atoms with van der Waals surface area (Å²) < 4.78 is 7.23. The Labute approximate surface area is 102 Å². The lowest BCUT2D eigenvalue weighted by atomic mass is 9.89. The summed E-state index contributed by atoms with van der Waals surface area (Å²) in [6.45, 7) is 3.97. The molecule has 1 saturated carbocycles. The second kappa shape index (κ2) is 6.14. The second-order valence-electron chi connectivity index (χ2n) is 4.54. The second-order valence-corrected chi connectivity index (χ2v) is 4.54. The maximum absolute atomic E-state index is 9.80. The molecular weight excluding hydrogens is 218 g/mol. The molecule has 2 N–H and O–H groups in total. The number of nitrogens with zero attached hydrogens (tertiary/aromatic N) is 2. The topological polar surface area (TPSA) is 59.3 Å². The summed E-state index contributed by atoms with van der Waals surface area (Å²) >= 11 is 0. The molecule has 0 aromatic carbocycles. The Bertz CT molecular complexity index is 310. The van der Waals surface area contributed by atoms with Crippen LogP contribution in [0.15, 0.2) is 18.5 Å². The molecule has 1 heterocycles. The molecule has 0 spiro atoms. The molecule has 0 radical (unpaired) electrons. The Kier molecular flexibility index (Phi) is 4.53. The molecule has 5 nitrogen and oxygen atoms in total. The summed E-state index contributed by atoms with van der Waals surface area (Å²) in [5.41, 5.74) is 0. The predicted molar refractivity (Wildman–Crippen MR) is 64.7 cm³/mol. The fourth-order valence-electron chi connectivity index (χ4n) is 2.10. The lowest BCUT2D eigenvalue weighted by Gasteiger charge is -2.36. The third kappa shape index (κ3) is 3.80. The lowest BCUT2D eigenvalue weighted by molar-refractivity contribution is -0.0127. The molecule has 17 heavy (non-hydrogen) atoms. The van der Waals surface area contributed by atoms with Crippen molar-refractivity contribution in [2.45, 2.75) is 44.6 Å². The number of ether oxygens (including phenoxy) is 1. The first-order chi connectivity index (χ1) is 8.28. The molecule has 1 aliphatic carbocycles. The first-order valence-corrected chi connectivity index (χ1v) is 6.28. The monoisotopic (exact) mass is 239 g/mol. The number of nitrogens with one attached hydrogen (secondary N) is 1. The van der Waals surface area contributed by atoms with Crippen LogP contribution in [0, 0.1) is 0 Å². The van der Waals surface area contributed by atoms with E-state index < -0.39 is 0 Å². The zero-order valence-electron chi connectivity index (χ0n) is 10.2. The average Bonchev–Trinajstić information content (AvgIpc) is 2.74. The minimum Gasteiger partial charge on any atom is -0.390 e. The van der Waals surface area contributed by atoms with E-state index in [2.05, 4.69) is 10.4 Å². The highest BCUT2D eigenvalue weighted by atomic mass is 16.5. The van der Waals surface area contributed by atoms with Gasteiger partial charge in [-0.15, -0.1) is 0 Å². The van der Waals surface area contributed by atoms with Gasteiger partial charge in [-0.25, -0.2) is 0 Å². The van der Waals surface area contributed by atoms with Gasteiger partial charge in [0.25, 0.3) is 0 Å². The van der Waals surface area contributed by atoms with Gasteiger partial charge in [0.05, 0.1) is 18.8 Å². The van der Waals surface area contributed by atoms with E-state index in [4.69, 9.17) is 4.74 Å². The first kappa shape index (κ1) is 12.5. The zero-order chi connectivity index (χ0) is 12.1. The molecule has 96 valence electrons. The standard InChI is InChI=1S/C12H21N3O2/c1-2-17-12-6-10(7-12)13-8-11(16)9-15-5-3-4-14-15/h3-5,10-13,16H,2,6-9H2,1H3. The largest absolute Gasteiger partial charge is 0.390 e. The Morgan fingerprint density at radius 3 is 3.06 bits per heavy atom. The van der Waals surface area contributed by atoms with Crippen molar-refractivity contribution in [3.8, 4) is 0 Å². The molecule has 1 aromatic heterocycles. The van der Waals surface area contributed by atoms with E-state index in [9.17, 15) is 5.11 Å². The molecular formula is C12H21N3O2. The highest BCUT2D eigenvalue weighted by molar-refractivity contribution is 4.86. The van der Waals surface area contributed by atoms with E-state index in [-0.39, 0.29) is 6.10 Å². The molecule has 1 atom stereocenters. The molecule has 0 aliphatic heterocycles. The van der Waals surface area contributed by atoms with Crippen LogP contribution in [-0.2, 0) is 11.3 Å². The van der Waals surface area contributed by atoms with Crippen molar-refractivity contribution < 1.29 is 9.84 Å². The van der Waals surface area contributed by atoms with Gasteiger partial charge in [-0.3, -0.25) is 4.68 Å². The normalized spacial score (nSPS) is 25.5. The Balaban J connectivity index is 1.57. The summed E-state index contributed by atoms with van der Waals surface area (Å²) in [7, 11) is 0. The quantitative estimate of drug-likeness (QED) is 0.723. The molecule has 1 aliphatic rings. The smallest absolute Gasteiger partial charge is 0.0860 e. The minimum atomic E-state index is -0.388. The number of hydrogen-bond acceptors (Lipinski definition) is 4. The molecule has 0 bridgehead atoms. The molecule has 0 saturated heterocycles. The summed E-state index contributed by atoms with van der Waals surface area (Å²) in [4.78, 5) is 0. The lowest BCUT2D eigenvalue weighted by Crippen LogP contribution is -2.48. The maximum atomic E-state index is 9.80. The number of aliphatic hydroxyl groups is 1. The molecule has 1 fully saturated rings. The van der Waals surface area contributed by atoms with E-state index in [0.717, 1.165) is 19.4 Å². The van der Waals surface area contributed by atoms with Crippen LogP contribution < -0.4 is 5.32 Å². The van der Waals surface area contributed by atoms with Gasteiger partial charge in [0, 0.05) is 31.6 Å². The number of aromatic nitrogens is 2. The minimum absolute atomic E-state index is 0.388. The summed E-state index contributed by atoms with van der Waals surface area (Å²) in [6, 6.07) is 2.36. The Hall–Kier alpha value is -0.910. The van der Waals surface area contributed by atoms with Gasteiger partial charge in [0.15, 0.2) is 0 Å². The fraction of sp³-hybridized carbons (Fsp3) is 0.750. The van der Waals surface area contributed by atoms with Gasteiger partial charge >= 0.3 is 0 Å². The van der Waals surface area contributed by atoms with Crippen LogP contribution in [0.3, 0.4) is 0 Å². The third-order valence-electron chi connectivity index (χ3n) is 3.10. The zero-order valence-corrected chi connectivity index (χ0v) is 10.2. The SMILES string of the molecule is CCOC1CC(NCC(O)Cn2cccn2)C1. The van der Waals surface area contributed by atoms with Crippen molar-refractivity contribution in [2.75, 3.05) is 13.2 Å². The summed E-state index contributed by atoms with van der Waals surface area (Å²) in [6.07, 6.45) is 5.72. The summed E-state index contributed by atoms with van der Waals surface area (Å²) in [5.74, 6) is 0. The van der Waals surface area contributed by atoms with Crippen LogP contribution in [0.1, 0.15) is 19.8 Å². The number of rotatable bonds is 7. The van der Waals surface area contributed by atoms with Gasteiger partial charge < -0.3 is 15.2 Å². The predicted octanol–water partition coefficient (Wildman–Crippen LogP) is 0.401. The van der Waals surface area contributed by atoms with Gasteiger partial charge in [0.1, 0.15) is 0 Å². The van der Waals surface area contributed by atoms with Gasteiger partial charge in [-0.2, -0.15) is 5.10 Å². The van der Waals surface area contributed by atoms with Crippen LogP contribution in [0.25, 0.3) is 0 Å². The Morgan fingerprint density at radius 2 is 2.41 bits per heavy atom. The van der Waals surface area contributed by atoms with Crippen molar-refractivity contribution in [3.63, 3.8) is 0 Å². The fourth-order valence-corrected chi connectivity index (χ4v) is 2.10. The van der Waals surface area contributed by atoms with Crippen LogP contribution in [0.4, 0.5) is 0 Å². The van der Waals surface area contributed by atoms with E-state index in [1.165, 1.54) is 0 Å². The van der Waals surface area contributed by atoms with Crippen molar-refractivity contribution in [1.29, 1.82) is 0 Å². The molecule has 5 heteroatoms. The van der Waals surface area contributed by atoms with E-state index in [0.29, 0.717) is 25.2 Å². The van der Waals surface area contributed by atoms with E-state index >= 15 is 0 Å². The van der Waals surface area contributed by atoms with Crippen molar-refractivity contribution in [3.05, 3.63) is 18.5 Å². The van der Waals surface area contributed by atoms with Gasteiger partial charge in [-0.05, 0) is 25.8 Å². The van der Waals surface area contributed by atoms with Crippen molar-refractivity contribution in [1.82, 2.24) is 15.1 Å². The van der Waals surface area contributed by atoms with Crippen LogP contribution in [0.5, 0.6) is 0 Å². The third-order valence-corrected chi connectivity index (χ3v) is 3.10. The summed E-state index contributed by atoms with van der Waals surface area (Å²) in [5, 5.41) is 17.2. The molecule has 0 amide bonds. The van der Waals surface area contributed by atoms with Crippen molar-refractivity contribution in [2.24, 2.45) is 0 Å². The maximum Gasteiger partial charge on any atom is 0.0860 e.